The summed E-state index contributed by atoms with van der Waals surface area (Å²) < 4.78 is 5.54. The first-order valence-electron chi connectivity index (χ1n) is 4.52. The molecule has 0 aliphatic rings. The minimum Gasteiger partial charge on any atom is -0.459 e. The van der Waals surface area contributed by atoms with Gasteiger partial charge in [-0.1, -0.05) is 18.2 Å². The Morgan fingerprint density at radius 3 is 2.79 bits per heavy atom. The van der Waals surface area contributed by atoms with Crippen molar-refractivity contribution in [1.82, 2.24) is 0 Å². The van der Waals surface area contributed by atoms with E-state index in [-0.39, 0.29) is 6.61 Å². The molecule has 0 aliphatic heterocycles. The quantitative estimate of drug-likeness (QED) is 0.758. The number of para-hydroxylation sites is 1. The van der Waals surface area contributed by atoms with Gasteiger partial charge in [0, 0.05) is 5.39 Å². The van der Waals surface area contributed by atoms with E-state index in [1.807, 2.05) is 30.3 Å². The number of furan rings is 1. The normalized spacial score (nSPS) is 15.6. The van der Waals surface area contributed by atoms with E-state index in [0.717, 1.165) is 11.0 Å². The van der Waals surface area contributed by atoms with Crippen LogP contribution < -0.4 is 5.73 Å². The fourth-order valence-electron chi connectivity index (χ4n) is 1.34. The van der Waals surface area contributed by atoms with Crippen LogP contribution in [0.25, 0.3) is 11.0 Å². The molecular formula is C11H13NO2. The van der Waals surface area contributed by atoms with Crippen LogP contribution in [0.3, 0.4) is 0 Å². The maximum Gasteiger partial charge on any atom is 0.134 e. The Hall–Kier alpha value is -1.32. The van der Waals surface area contributed by atoms with E-state index in [4.69, 9.17) is 15.3 Å². The first-order valence-corrected chi connectivity index (χ1v) is 4.52. The SMILES string of the molecule is CC(N)(CO)c1cc2ccccc2o1. The number of aliphatic hydroxyl groups is 1. The van der Waals surface area contributed by atoms with E-state index >= 15 is 0 Å². The fourth-order valence-corrected chi connectivity index (χ4v) is 1.34. The molecule has 3 nitrogen and oxygen atoms in total. The summed E-state index contributed by atoms with van der Waals surface area (Å²) in [4.78, 5) is 0. The Balaban J connectivity index is 2.55. The van der Waals surface area contributed by atoms with Crippen LogP contribution in [0.2, 0.25) is 0 Å². The maximum atomic E-state index is 9.09. The molecule has 0 bridgehead atoms. The van der Waals surface area contributed by atoms with E-state index in [1.165, 1.54) is 0 Å². The number of nitrogens with two attached hydrogens (primary N) is 1. The molecule has 1 heterocycles. The van der Waals surface area contributed by atoms with Crippen molar-refractivity contribution >= 4 is 11.0 Å². The lowest BCUT2D eigenvalue weighted by molar-refractivity contribution is 0.190. The molecule has 1 atom stereocenters. The molecule has 14 heavy (non-hydrogen) atoms. The number of aliphatic hydroxyl groups excluding tert-OH is 1. The van der Waals surface area contributed by atoms with Crippen molar-refractivity contribution in [2.45, 2.75) is 12.5 Å². The van der Waals surface area contributed by atoms with Gasteiger partial charge in [-0.25, -0.2) is 0 Å². The van der Waals surface area contributed by atoms with Crippen molar-refractivity contribution in [3.63, 3.8) is 0 Å². The number of benzene rings is 1. The molecule has 0 fully saturated rings. The summed E-state index contributed by atoms with van der Waals surface area (Å²) in [5.74, 6) is 0.612. The van der Waals surface area contributed by atoms with Crippen molar-refractivity contribution in [3.05, 3.63) is 36.1 Å². The molecule has 0 amide bonds. The lowest BCUT2D eigenvalue weighted by Gasteiger charge is -2.17. The van der Waals surface area contributed by atoms with E-state index in [2.05, 4.69) is 0 Å². The number of rotatable bonds is 2. The highest BCUT2D eigenvalue weighted by Crippen LogP contribution is 2.25. The fraction of sp³-hybridized carbons (Fsp3) is 0.273. The van der Waals surface area contributed by atoms with Gasteiger partial charge in [0.2, 0.25) is 0 Å². The van der Waals surface area contributed by atoms with Gasteiger partial charge in [-0.15, -0.1) is 0 Å². The van der Waals surface area contributed by atoms with Crippen molar-refractivity contribution < 1.29 is 9.52 Å². The standard InChI is InChI=1S/C11H13NO2/c1-11(12,7-13)10-6-8-4-2-3-5-9(8)14-10/h2-6,13H,7,12H2,1H3. The summed E-state index contributed by atoms with van der Waals surface area (Å²) in [6.45, 7) is 1.61. The van der Waals surface area contributed by atoms with E-state index in [0.29, 0.717) is 5.76 Å². The highest BCUT2D eigenvalue weighted by Gasteiger charge is 2.24. The zero-order valence-electron chi connectivity index (χ0n) is 8.03. The first kappa shape index (κ1) is 9.24. The summed E-state index contributed by atoms with van der Waals surface area (Å²) in [7, 11) is 0. The van der Waals surface area contributed by atoms with Crippen LogP contribution in [0.4, 0.5) is 0 Å². The molecule has 0 saturated carbocycles. The lowest BCUT2D eigenvalue weighted by Crippen LogP contribution is -2.36. The molecular weight excluding hydrogens is 178 g/mol. The van der Waals surface area contributed by atoms with Gasteiger partial charge in [0.05, 0.1) is 12.1 Å². The third-order valence-electron chi connectivity index (χ3n) is 2.32. The molecule has 3 N–H and O–H groups in total. The van der Waals surface area contributed by atoms with Crippen molar-refractivity contribution in [2.24, 2.45) is 5.73 Å². The molecule has 3 heteroatoms. The van der Waals surface area contributed by atoms with Crippen LogP contribution in [0.5, 0.6) is 0 Å². The Kier molecular flexibility index (Phi) is 2.06. The highest BCUT2D eigenvalue weighted by atomic mass is 16.3. The Bertz CT molecular complexity index is 412. The van der Waals surface area contributed by atoms with Gasteiger partial charge in [0.15, 0.2) is 0 Å². The van der Waals surface area contributed by atoms with Gasteiger partial charge in [-0.3, -0.25) is 0 Å². The predicted molar refractivity (Wildman–Crippen MR) is 54.8 cm³/mol. The van der Waals surface area contributed by atoms with Crippen LogP contribution in [0, 0.1) is 0 Å². The summed E-state index contributed by atoms with van der Waals surface area (Å²) in [6, 6.07) is 9.55. The third kappa shape index (κ3) is 1.41. The minimum atomic E-state index is -0.807. The van der Waals surface area contributed by atoms with Gasteiger partial charge in [0.25, 0.3) is 0 Å². The van der Waals surface area contributed by atoms with E-state index in [9.17, 15) is 0 Å². The summed E-state index contributed by atoms with van der Waals surface area (Å²) in [5.41, 5.74) is 5.85. The van der Waals surface area contributed by atoms with Gasteiger partial charge in [-0.05, 0) is 19.1 Å². The minimum absolute atomic E-state index is 0.132. The molecule has 1 aromatic carbocycles. The van der Waals surface area contributed by atoms with Crippen LogP contribution in [-0.2, 0) is 5.54 Å². The second-order valence-corrected chi connectivity index (χ2v) is 3.72. The van der Waals surface area contributed by atoms with Gasteiger partial charge >= 0.3 is 0 Å². The number of hydrogen-bond acceptors (Lipinski definition) is 3. The average Bonchev–Trinajstić information content (AvgIpc) is 2.61. The van der Waals surface area contributed by atoms with Crippen LogP contribution >= 0.6 is 0 Å². The van der Waals surface area contributed by atoms with E-state index < -0.39 is 5.54 Å². The Morgan fingerprint density at radius 2 is 2.14 bits per heavy atom. The molecule has 74 valence electrons. The predicted octanol–water partition coefficient (Wildman–Crippen LogP) is 1.60. The highest BCUT2D eigenvalue weighted by molar-refractivity contribution is 5.77. The first-order chi connectivity index (χ1) is 6.63. The molecule has 0 aliphatic carbocycles. The molecule has 1 aromatic heterocycles. The zero-order chi connectivity index (χ0) is 10.2. The smallest absolute Gasteiger partial charge is 0.134 e. The van der Waals surface area contributed by atoms with Crippen molar-refractivity contribution in [1.29, 1.82) is 0 Å². The van der Waals surface area contributed by atoms with Crippen molar-refractivity contribution in [3.8, 4) is 0 Å². The molecule has 1 unspecified atom stereocenters. The molecule has 2 rings (SSSR count). The number of hydrogen-bond donors (Lipinski definition) is 2. The average molecular weight is 191 g/mol. The van der Waals surface area contributed by atoms with Crippen LogP contribution in [-0.4, -0.2) is 11.7 Å². The Labute approximate surface area is 82.1 Å². The largest absolute Gasteiger partial charge is 0.459 e. The molecule has 0 spiro atoms. The van der Waals surface area contributed by atoms with Crippen LogP contribution in [0.15, 0.2) is 34.7 Å². The maximum absolute atomic E-state index is 9.09. The van der Waals surface area contributed by atoms with Gasteiger partial charge < -0.3 is 15.3 Å². The monoisotopic (exact) mass is 191 g/mol. The summed E-state index contributed by atoms with van der Waals surface area (Å²) in [6.07, 6.45) is 0. The zero-order valence-corrected chi connectivity index (χ0v) is 8.03. The number of fused-ring (bicyclic) bond motifs is 1. The van der Waals surface area contributed by atoms with E-state index in [1.54, 1.807) is 6.92 Å². The topological polar surface area (TPSA) is 59.4 Å². The van der Waals surface area contributed by atoms with Gasteiger partial charge in [0.1, 0.15) is 11.3 Å². The molecule has 0 saturated heterocycles. The van der Waals surface area contributed by atoms with Crippen molar-refractivity contribution in [2.75, 3.05) is 6.61 Å². The summed E-state index contributed by atoms with van der Waals surface area (Å²) >= 11 is 0. The second-order valence-electron chi connectivity index (χ2n) is 3.72. The summed E-state index contributed by atoms with van der Waals surface area (Å²) in [5, 5.41) is 10.1. The molecule has 2 aromatic rings. The lowest BCUT2D eigenvalue weighted by atomic mass is 10.0. The molecule has 0 radical (unpaired) electrons. The van der Waals surface area contributed by atoms with Gasteiger partial charge in [-0.2, -0.15) is 0 Å². The third-order valence-corrected chi connectivity index (χ3v) is 2.32. The second kappa shape index (κ2) is 3.12. The van der Waals surface area contributed by atoms with Crippen LogP contribution in [0.1, 0.15) is 12.7 Å². The Morgan fingerprint density at radius 1 is 1.43 bits per heavy atom.